The zero-order valence-corrected chi connectivity index (χ0v) is 15.8. The molecule has 0 bridgehead atoms. The zero-order valence-electron chi connectivity index (χ0n) is 15.1. The number of aromatic nitrogens is 2. The smallest absolute Gasteiger partial charge is 0.405 e. The normalized spacial score (nSPS) is 11.8. The van der Waals surface area contributed by atoms with E-state index in [1.807, 2.05) is 24.3 Å². The topological polar surface area (TPSA) is 50.3 Å². The van der Waals surface area contributed by atoms with E-state index in [2.05, 4.69) is 9.97 Å². The van der Waals surface area contributed by atoms with Crippen LogP contribution in [-0.2, 0) is 0 Å². The minimum Gasteiger partial charge on any atom is -0.493 e. The van der Waals surface area contributed by atoms with Gasteiger partial charge in [0.15, 0.2) is 0 Å². The largest absolute Gasteiger partial charge is 0.493 e. The summed E-state index contributed by atoms with van der Waals surface area (Å²) in [5.41, 5.74) is -1.04. The lowest BCUT2D eigenvalue weighted by atomic mass is 10.1. The Bertz CT molecular complexity index is 794. The summed E-state index contributed by atoms with van der Waals surface area (Å²) < 4.78 is 71.9. The summed E-state index contributed by atoms with van der Waals surface area (Å²) in [5.74, 6) is -2.60. The molecule has 2 rings (SSSR count). The molecule has 0 saturated carbocycles. The highest BCUT2D eigenvalue weighted by atomic mass is 35.5. The second-order valence-corrected chi connectivity index (χ2v) is 6.48. The lowest BCUT2D eigenvalue weighted by molar-refractivity contribution is -0.115. The average Bonchev–Trinajstić information content (AvgIpc) is 2.57. The van der Waals surface area contributed by atoms with Crippen LogP contribution < -0.4 is 10.1 Å². The first-order valence-corrected chi connectivity index (χ1v) is 8.54. The first kappa shape index (κ1) is 22.1. The number of anilines is 1. The van der Waals surface area contributed by atoms with E-state index in [0.717, 1.165) is 25.0 Å². The monoisotopic (exact) mass is 424 g/mol. The van der Waals surface area contributed by atoms with Gasteiger partial charge >= 0.3 is 6.18 Å². The van der Waals surface area contributed by atoms with Gasteiger partial charge in [0.05, 0.1) is 17.7 Å². The quantitative estimate of drug-likeness (QED) is 0.387. The summed E-state index contributed by atoms with van der Waals surface area (Å²) in [6, 6.07) is 1.87. The minimum atomic E-state index is -4.56. The summed E-state index contributed by atoms with van der Waals surface area (Å²) in [6.07, 6.45) is -3.03. The van der Waals surface area contributed by atoms with Crippen LogP contribution in [0.1, 0.15) is 6.42 Å². The third-order valence-electron chi connectivity index (χ3n) is 3.54. The van der Waals surface area contributed by atoms with E-state index in [4.69, 9.17) is 16.3 Å². The van der Waals surface area contributed by atoms with Crippen molar-refractivity contribution in [3.63, 3.8) is 0 Å². The number of alkyl halides is 3. The number of nitrogens with zero attached hydrogens (tertiary/aromatic N) is 3. The first-order valence-electron chi connectivity index (χ1n) is 8.16. The van der Waals surface area contributed by atoms with Crippen molar-refractivity contribution in [1.82, 2.24) is 14.9 Å². The number of benzene rings is 1. The standard InChI is InChI=1S/C17H18ClF5N4O/c1-27(2)4-3-5-28-10-6-11(19)13(12(20)7-10)14-15(18)25-9-26-16(14)24-8-17(21,22)23/h6-7,9H,3-5,8H2,1-2H3,(H,24,25,26). The molecule has 0 amide bonds. The van der Waals surface area contributed by atoms with Crippen molar-refractivity contribution in [1.29, 1.82) is 0 Å². The molecule has 0 saturated heterocycles. The SMILES string of the molecule is CN(C)CCCOc1cc(F)c(-c2c(Cl)ncnc2NCC(F)(F)F)c(F)c1. The molecule has 1 heterocycles. The molecule has 0 aliphatic rings. The molecule has 0 fully saturated rings. The second kappa shape index (κ2) is 9.33. The second-order valence-electron chi connectivity index (χ2n) is 6.12. The Kier molecular flexibility index (Phi) is 7.36. The van der Waals surface area contributed by atoms with Crippen LogP contribution in [0, 0.1) is 11.6 Å². The fourth-order valence-electron chi connectivity index (χ4n) is 2.35. The highest BCUT2D eigenvalue weighted by Gasteiger charge is 2.29. The molecule has 5 nitrogen and oxygen atoms in total. The Morgan fingerprint density at radius 3 is 2.32 bits per heavy atom. The average molecular weight is 425 g/mol. The summed E-state index contributed by atoms with van der Waals surface area (Å²) in [7, 11) is 3.76. The Morgan fingerprint density at radius 2 is 1.75 bits per heavy atom. The van der Waals surface area contributed by atoms with Gasteiger partial charge in [-0.1, -0.05) is 11.6 Å². The van der Waals surface area contributed by atoms with Gasteiger partial charge < -0.3 is 15.0 Å². The van der Waals surface area contributed by atoms with Crippen LogP contribution in [0.25, 0.3) is 11.1 Å². The van der Waals surface area contributed by atoms with Gasteiger partial charge in [0.25, 0.3) is 0 Å². The molecule has 0 aliphatic carbocycles. The number of halogens is 6. The van der Waals surface area contributed by atoms with E-state index in [-0.39, 0.29) is 12.4 Å². The highest BCUT2D eigenvalue weighted by molar-refractivity contribution is 6.32. The Labute approximate surface area is 163 Å². The van der Waals surface area contributed by atoms with Gasteiger partial charge in [-0.3, -0.25) is 0 Å². The number of ether oxygens (including phenoxy) is 1. The molecular formula is C17H18ClF5N4O. The van der Waals surface area contributed by atoms with E-state index >= 15 is 0 Å². The number of hydrogen-bond acceptors (Lipinski definition) is 5. The molecule has 0 aliphatic heterocycles. The number of hydrogen-bond donors (Lipinski definition) is 1. The molecule has 0 atom stereocenters. The van der Waals surface area contributed by atoms with Crippen molar-refractivity contribution in [2.24, 2.45) is 0 Å². The Hall–Kier alpha value is -2.20. The van der Waals surface area contributed by atoms with E-state index in [9.17, 15) is 22.0 Å². The van der Waals surface area contributed by atoms with E-state index in [1.54, 1.807) is 0 Å². The Balaban J connectivity index is 2.30. The lowest BCUT2D eigenvalue weighted by Crippen LogP contribution is -2.22. The molecule has 28 heavy (non-hydrogen) atoms. The molecule has 154 valence electrons. The molecule has 2 aromatic rings. The highest BCUT2D eigenvalue weighted by Crippen LogP contribution is 2.37. The van der Waals surface area contributed by atoms with Crippen molar-refractivity contribution in [3.05, 3.63) is 35.2 Å². The van der Waals surface area contributed by atoms with Gasteiger partial charge in [-0.05, 0) is 20.5 Å². The maximum absolute atomic E-state index is 14.6. The van der Waals surface area contributed by atoms with Crippen LogP contribution in [0.2, 0.25) is 5.15 Å². The fraction of sp³-hybridized carbons (Fsp3) is 0.412. The van der Waals surface area contributed by atoms with Crippen LogP contribution in [-0.4, -0.2) is 54.8 Å². The Morgan fingerprint density at radius 1 is 1.11 bits per heavy atom. The maximum Gasteiger partial charge on any atom is 0.405 e. The van der Waals surface area contributed by atoms with Crippen LogP contribution >= 0.6 is 11.6 Å². The van der Waals surface area contributed by atoms with E-state index < -0.39 is 46.5 Å². The van der Waals surface area contributed by atoms with Crippen LogP contribution in [0.3, 0.4) is 0 Å². The third-order valence-corrected chi connectivity index (χ3v) is 3.83. The van der Waals surface area contributed by atoms with Crippen molar-refractivity contribution < 1.29 is 26.7 Å². The maximum atomic E-state index is 14.6. The first-order chi connectivity index (χ1) is 13.1. The third kappa shape index (κ3) is 6.16. The molecule has 1 N–H and O–H groups in total. The molecule has 0 radical (unpaired) electrons. The molecule has 1 aromatic heterocycles. The molecule has 1 aromatic carbocycles. The van der Waals surface area contributed by atoms with Crippen molar-refractivity contribution >= 4 is 17.4 Å². The van der Waals surface area contributed by atoms with Crippen molar-refractivity contribution in [2.75, 3.05) is 39.1 Å². The van der Waals surface area contributed by atoms with E-state index in [1.165, 1.54) is 0 Å². The lowest BCUT2D eigenvalue weighted by Gasteiger charge is -2.15. The van der Waals surface area contributed by atoms with Crippen LogP contribution in [0.4, 0.5) is 27.8 Å². The van der Waals surface area contributed by atoms with Gasteiger partial charge in [0.1, 0.15) is 41.2 Å². The molecule has 11 heteroatoms. The van der Waals surface area contributed by atoms with Crippen molar-refractivity contribution in [2.45, 2.75) is 12.6 Å². The van der Waals surface area contributed by atoms with Gasteiger partial charge in [0, 0.05) is 18.7 Å². The minimum absolute atomic E-state index is 0.0460. The zero-order chi connectivity index (χ0) is 20.9. The van der Waals surface area contributed by atoms with Crippen molar-refractivity contribution in [3.8, 4) is 16.9 Å². The molecule has 0 unspecified atom stereocenters. The fourth-order valence-corrected chi connectivity index (χ4v) is 2.57. The van der Waals surface area contributed by atoms with Crippen LogP contribution in [0.5, 0.6) is 5.75 Å². The van der Waals surface area contributed by atoms with Gasteiger partial charge in [-0.15, -0.1) is 0 Å². The number of nitrogens with one attached hydrogen (secondary N) is 1. The van der Waals surface area contributed by atoms with Gasteiger partial charge in [-0.2, -0.15) is 13.2 Å². The molecule has 0 spiro atoms. The summed E-state index contributed by atoms with van der Waals surface area (Å²) >= 11 is 5.89. The predicted octanol–water partition coefficient (Wildman–Crippen LogP) is 4.38. The summed E-state index contributed by atoms with van der Waals surface area (Å²) in [6.45, 7) is -0.484. The van der Waals surface area contributed by atoms with Gasteiger partial charge in [0.2, 0.25) is 0 Å². The van der Waals surface area contributed by atoms with Crippen LogP contribution in [0.15, 0.2) is 18.5 Å². The predicted molar refractivity (Wildman–Crippen MR) is 95.6 cm³/mol. The summed E-state index contributed by atoms with van der Waals surface area (Å²) in [4.78, 5) is 9.16. The number of rotatable bonds is 8. The molecular weight excluding hydrogens is 407 g/mol. The van der Waals surface area contributed by atoms with Gasteiger partial charge in [-0.25, -0.2) is 18.7 Å². The summed E-state index contributed by atoms with van der Waals surface area (Å²) in [5, 5.41) is 1.59. The van der Waals surface area contributed by atoms with E-state index in [0.29, 0.717) is 6.42 Å².